The van der Waals surface area contributed by atoms with Crippen molar-refractivity contribution in [2.24, 2.45) is 0 Å². The molecule has 0 bridgehead atoms. The van der Waals surface area contributed by atoms with Gasteiger partial charge in [-0.15, -0.1) is 0 Å². The highest BCUT2D eigenvalue weighted by Crippen LogP contribution is 2.30. The van der Waals surface area contributed by atoms with Crippen LogP contribution in [0.2, 0.25) is 0 Å². The van der Waals surface area contributed by atoms with Crippen molar-refractivity contribution in [3.8, 4) is 11.8 Å². The van der Waals surface area contributed by atoms with Crippen molar-refractivity contribution in [2.75, 3.05) is 0 Å². The fourth-order valence-corrected chi connectivity index (χ4v) is 1.69. The molecule has 0 unspecified atom stereocenters. The average molecular weight is 208 g/mol. The molecule has 2 heteroatoms. The minimum atomic E-state index is -0.602. The monoisotopic (exact) mass is 208 g/mol. The molecule has 1 fully saturated rings. The largest absolute Gasteiger partial charge is 0.250 e. The van der Waals surface area contributed by atoms with E-state index in [4.69, 9.17) is 5.26 Å². The summed E-state index contributed by atoms with van der Waals surface area (Å²) in [4.78, 5) is 4.61. The summed E-state index contributed by atoms with van der Waals surface area (Å²) >= 11 is 0. The van der Waals surface area contributed by atoms with Gasteiger partial charge in [-0.2, -0.15) is 0 Å². The summed E-state index contributed by atoms with van der Waals surface area (Å²) < 4.78 is 0. The van der Waals surface area contributed by atoms with E-state index in [0.717, 1.165) is 31.3 Å². The Kier molecular flexibility index (Phi) is 4.38. The smallest absolute Gasteiger partial charge is 0.163 e. The van der Waals surface area contributed by atoms with Crippen molar-refractivity contribution in [1.29, 1.82) is 0 Å². The van der Waals surface area contributed by atoms with E-state index in [1.807, 2.05) is 20.8 Å². The molecule has 0 radical (unpaired) electrons. The Bertz CT molecular complexity index is 294. The maximum Gasteiger partial charge on any atom is 0.163 e. The van der Waals surface area contributed by atoms with Crippen LogP contribution >= 0.6 is 0 Å². The SMILES string of the molecule is CC(C)=C(C)C#CC1(OO)CCCCC1. The molecule has 0 aliphatic heterocycles. The molecule has 0 amide bonds. The van der Waals surface area contributed by atoms with Gasteiger partial charge in [-0.1, -0.05) is 23.8 Å². The summed E-state index contributed by atoms with van der Waals surface area (Å²) in [6.45, 7) is 6.07. The highest BCUT2D eigenvalue weighted by molar-refractivity contribution is 5.33. The first-order chi connectivity index (χ1) is 7.09. The molecular weight excluding hydrogens is 188 g/mol. The lowest BCUT2D eigenvalue weighted by molar-refractivity contribution is -0.310. The average Bonchev–Trinajstić information content (AvgIpc) is 2.27. The van der Waals surface area contributed by atoms with Crippen LogP contribution in [-0.4, -0.2) is 10.9 Å². The Morgan fingerprint density at radius 1 is 1.13 bits per heavy atom. The van der Waals surface area contributed by atoms with Crippen molar-refractivity contribution >= 4 is 0 Å². The number of rotatable bonds is 1. The molecule has 1 N–H and O–H groups in total. The van der Waals surface area contributed by atoms with Crippen LogP contribution in [0.15, 0.2) is 11.1 Å². The molecule has 15 heavy (non-hydrogen) atoms. The molecule has 0 saturated heterocycles. The molecule has 1 rings (SSSR count). The van der Waals surface area contributed by atoms with Gasteiger partial charge in [0.2, 0.25) is 0 Å². The maximum atomic E-state index is 8.97. The predicted molar refractivity (Wildman–Crippen MR) is 61.4 cm³/mol. The van der Waals surface area contributed by atoms with Crippen LogP contribution in [-0.2, 0) is 4.89 Å². The van der Waals surface area contributed by atoms with Crippen molar-refractivity contribution in [1.82, 2.24) is 0 Å². The molecule has 0 spiro atoms. The molecule has 0 aromatic heterocycles. The van der Waals surface area contributed by atoms with Gasteiger partial charge in [-0.3, -0.25) is 5.26 Å². The molecule has 1 aliphatic carbocycles. The van der Waals surface area contributed by atoms with Gasteiger partial charge in [0.05, 0.1) is 0 Å². The highest BCUT2D eigenvalue weighted by atomic mass is 17.1. The first kappa shape index (κ1) is 12.3. The maximum absolute atomic E-state index is 8.97. The molecule has 0 aromatic carbocycles. The minimum Gasteiger partial charge on any atom is -0.250 e. The van der Waals surface area contributed by atoms with Gasteiger partial charge in [-0.25, -0.2) is 4.89 Å². The second-order valence-electron chi connectivity index (χ2n) is 4.52. The van der Waals surface area contributed by atoms with Gasteiger partial charge in [0.25, 0.3) is 0 Å². The van der Waals surface area contributed by atoms with E-state index < -0.39 is 5.60 Å². The van der Waals surface area contributed by atoms with E-state index in [0.29, 0.717) is 0 Å². The fourth-order valence-electron chi connectivity index (χ4n) is 1.69. The van der Waals surface area contributed by atoms with Crippen molar-refractivity contribution in [3.05, 3.63) is 11.1 Å². The van der Waals surface area contributed by atoms with Gasteiger partial charge in [0.1, 0.15) is 0 Å². The van der Waals surface area contributed by atoms with Gasteiger partial charge >= 0.3 is 0 Å². The summed E-state index contributed by atoms with van der Waals surface area (Å²) in [7, 11) is 0. The van der Waals surface area contributed by atoms with Gasteiger partial charge in [-0.05, 0) is 52.0 Å². The van der Waals surface area contributed by atoms with Crippen LogP contribution in [0.3, 0.4) is 0 Å². The second kappa shape index (κ2) is 5.34. The quantitative estimate of drug-likeness (QED) is 0.406. The van der Waals surface area contributed by atoms with Gasteiger partial charge in [0, 0.05) is 0 Å². The second-order valence-corrected chi connectivity index (χ2v) is 4.52. The topological polar surface area (TPSA) is 29.5 Å². The summed E-state index contributed by atoms with van der Waals surface area (Å²) in [6.07, 6.45) is 5.07. The zero-order valence-electron chi connectivity index (χ0n) is 9.89. The van der Waals surface area contributed by atoms with Gasteiger partial charge in [0.15, 0.2) is 5.60 Å². The van der Waals surface area contributed by atoms with Crippen LogP contribution in [0, 0.1) is 11.8 Å². The normalized spacial score (nSPS) is 18.9. The predicted octanol–water partition coefficient (Wildman–Crippen LogP) is 3.54. The standard InChI is InChI=1S/C13H20O2/c1-11(2)12(3)7-10-13(15-14)8-5-4-6-9-13/h14H,4-6,8-9H2,1-3H3. The first-order valence-corrected chi connectivity index (χ1v) is 5.59. The third-order valence-electron chi connectivity index (χ3n) is 3.06. The van der Waals surface area contributed by atoms with Crippen molar-refractivity contribution in [2.45, 2.75) is 58.5 Å². The van der Waals surface area contributed by atoms with Gasteiger partial charge < -0.3 is 0 Å². The van der Waals surface area contributed by atoms with E-state index >= 15 is 0 Å². The molecule has 2 nitrogen and oxygen atoms in total. The molecule has 0 heterocycles. The minimum absolute atomic E-state index is 0.602. The highest BCUT2D eigenvalue weighted by Gasteiger charge is 2.31. The Balaban J connectivity index is 2.79. The zero-order valence-corrected chi connectivity index (χ0v) is 9.89. The van der Waals surface area contributed by atoms with E-state index in [9.17, 15) is 0 Å². The number of allylic oxidation sites excluding steroid dienone is 2. The third-order valence-corrected chi connectivity index (χ3v) is 3.06. The zero-order chi connectivity index (χ0) is 11.3. The Hall–Kier alpha value is -0.780. The van der Waals surface area contributed by atoms with E-state index in [1.165, 1.54) is 12.0 Å². The van der Waals surface area contributed by atoms with Crippen molar-refractivity contribution < 1.29 is 10.1 Å². The molecule has 0 atom stereocenters. The van der Waals surface area contributed by atoms with Crippen LogP contribution < -0.4 is 0 Å². The Morgan fingerprint density at radius 2 is 1.73 bits per heavy atom. The summed E-state index contributed by atoms with van der Waals surface area (Å²) in [5.41, 5.74) is 1.68. The number of hydrogen-bond donors (Lipinski definition) is 1. The summed E-state index contributed by atoms with van der Waals surface area (Å²) in [6, 6.07) is 0. The first-order valence-electron chi connectivity index (χ1n) is 5.59. The molecule has 1 aliphatic rings. The Morgan fingerprint density at radius 3 is 2.20 bits per heavy atom. The lowest BCUT2D eigenvalue weighted by atomic mass is 9.85. The lowest BCUT2D eigenvalue weighted by Crippen LogP contribution is -2.32. The summed E-state index contributed by atoms with van der Waals surface area (Å²) in [5.74, 6) is 6.17. The van der Waals surface area contributed by atoms with E-state index in [1.54, 1.807) is 0 Å². The molecule has 84 valence electrons. The van der Waals surface area contributed by atoms with E-state index in [2.05, 4.69) is 16.7 Å². The third kappa shape index (κ3) is 3.37. The molecular formula is C13H20O2. The van der Waals surface area contributed by atoms with Crippen molar-refractivity contribution in [3.63, 3.8) is 0 Å². The lowest BCUT2D eigenvalue weighted by Gasteiger charge is -2.28. The molecule has 0 aromatic rings. The molecule has 1 saturated carbocycles. The van der Waals surface area contributed by atoms with Crippen LogP contribution in [0.5, 0.6) is 0 Å². The van der Waals surface area contributed by atoms with E-state index in [-0.39, 0.29) is 0 Å². The summed E-state index contributed by atoms with van der Waals surface area (Å²) in [5, 5.41) is 8.97. The van der Waals surface area contributed by atoms with Crippen LogP contribution in [0.25, 0.3) is 0 Å². The fraction of sp³-hybridized carbons (Fsp3) is 0.692. The van der Waals surface area contributed by atoms with Crippen LogP contribution in [0.1, 0.15) is 52.9 Å². The van der Waals surface area contributed by atoms with Crippen LogP contribution in [0.4, 0.5) is 0 Å². The Labute approximate surface area is 92.3 Å². The number of hydrogen-bond acceptors (Lipinski definition) is 2.